The molecule has 0 saturated carbocycles. The molecule has 1 nitrogen and oxygen atoms in total. The van der Waals surface area contributed by atoms with Crippen molar-refractivity contribution >= 4 is 65.8 Å². The second kappa shape index (κ2) is 25.2. The third-order valence-corrected chi connectivity index (χ3v) is 16.8. The number of rotatable bonds is 31. The summed E-state index contributed by atoms with van der Waals surface area (Å²) in [6.45, 7) is 12.7. The predicted molar refractivity (Wildman–Crippen MR) is 256 cm³/mol. The zero-order valence-corrected chi connectivity index (χ0v) is 39.2. The number of hydrogen-bond acceptors (Lipinski definition) is 4. The van der Waals surface area contributed by atoms with Gasteiger partial charge in [0.15, 0.2) is 0 Å². The minimum absolute atomic E-state index is 1.14. The van der Waals surface area contributed by atoms with Crippen molar-refractivity contribution in [3.63, 3.8) is 0 Å². The van der Waals surface area contributed by atoms with Crippen molar-refractivity contribution in [2.24, 2.45) is 0 Å². The van der Waals surface area contributed by atoms with Crippen LogP contribution in [0.1, 0.15) is 209 Å². The van der Waals surface area contributed by atoms with E-state index in [0.717, 1.165) is 6.54 Å². The highest BCUT2D eigenvalue weighted by molar-refractivity contribution is 7.32. The van der Waals surface area contributed by atoms with Crippen LogP contribution >= 0.6 is 45.3 Å². The highest BCUT2D eigenvalue weighted by atomic mass is 32.1. The molecular formula is C50H77NS4. The van der Waals surface area contributed by atoms with Gasteiger partial charge < -0.3 is 4.57 Å². The van der Waals surface area contributed by atoms with E-state index in [1.54, 1.807) is 20.9 Å². The second-order valence-corrected chi connectivity index (χ2v) is 21.5. The van der Waals surface area contributed by atoms with Crippen LogP contribution in [0.4, 0.5) is 0 Å². The molecule has 0 bridgehead atoms. The predicted octanol–water partition coefficient (Wildman–Crippen LogP) is 19.3. The Balaban J connectivity index is 1.27. The number of hydrogen-bond donors (Lipinski definition) is 0. The van der Waals surface area contributed by atoms with Gasteiger partial charge in [0.2, 0.25) is 0 Å². The lowest BCUT2D eigenvalue weighted by Crippen LogP contribution is -1.97. The van der Waals surface area contributed by atoms with Gasteiger partial charge >= 0.3 is 0 Å². The molecule has 0 aliphatic carbocycles. The number of thiophene rings is 4. The highest BCUT2D eigenvalue weighted by Crippen LogP contribution is 2.49. The molecule has 55 heavy (non-hydrogen) atoms. The van der Waals surface area contributed by atoms with Gasteiger partial charge in [-0.2, -0.15) is 0 Å². The van der Waals surface area contributed by atoms with Gasteiger partial charge in [-0.25, -0.2) is 0 Å². The van der Waals surface area contributed by atoms with Crippen molar-refractivity contribution < 1.29 is 0 Å². The first-order valence-corrected chi connectivity index (χ1v) is 26.6. The van der Waals surface area contributed by atoms with Crippen LogP contribution in [0.3, 0.4) is 0 Å². The highest BCUT2D eigenvalue weighted by Gasteiger charge is 2.22. The van der Waals surface area contributed by atoms with Crippen LogP contribution in [0.5, 0.6) is 0 Å². The number of aryl methyl sites for hydroxylation is 5. The quantitative estimate of drug-likeness (QED) is 0.0393. The van der Waals surface area contributed by atoms with Crippen LogP contribution in [0.15, 0.2) is 24.3 Å². The zero-order valence-electron chi connectivity index (χ0n) is 35.9. The van der Waals surface area contributed by atoms with E-state index in [1.807, 2.05) is 22.7 Å². The summed E-state index contributed by atoms with van der Waals surface area (Å²) in [5, 5.41) is 0. The Labute approximate surface area is 353 Å². The Morgan fingerprint density at radius 2 is 0.709 bits per heavy atom. The van der Waals surface area contributed by atoms with Crippen molar-refractivity contribution in [1.82, 2.24) is 4.57 Å². The second-order valence-electron chi connectivity index (χ2n) is 16.9. The molecule has 0 fully saturated rings. The van der Waals surface area contributed by atoms with Crippen molar-refractivity contribution in [1.29, 1.82) is 0 Å². The van der Waals surface area contributed by atoms with Crippen molar-refractivity contribution in [2.75, 3.05) is 0 Å². The zero-order chi connectivity index (χ0) is 38.7. The molecule has 5 aromatic rings. The summed E-state index contributed by atoms with van der Waals surface area (Å²) in [4.78, 5) is 9.06. The van der Waals surface area contributed by atoms with Crippen LogP contribution in [-0.4, -0.2) is 4.57 Å². The topological polar surface area (TPSA) is 4.93 Å². The molecule has 0 aromatic carbocycles. The lowest BCUT2D eigenvalue weighted by Gasteiger charge is -2.07. The first-order chi connectivity index (χ1) is 27.0. The summed E-state index contributed by atoms with van der Waals surface area (Å²) in [6, 6.07) is 10.2. The minimum atomic E-state index is 1.14. The van der Waals surface area contributed by atoms with E-state index in [0.29, 0.717) is 0 Å². The summed E-state index contributed by atoms with van der Waals surface area (Å²) < 4.78 is 5.80. The Bertz CT molecular complexity index is 1650. The van der Waals surface area contributed by atoms with Gasteiger partial charge in [-0.15, -0.1) is 45.3 Å². The summed E-state index contributed by atoms with van der Waals surface area (Å²) in [6.07, 6.45) is 38.6. The van der Waals surface area contributed by atoms with Crippen LogP contribution < -0.4 is 0 Å². The molecule has 0 aliphatic rings. The molecule has 306 valence electrons. The molecule has 0 N–H and O–H groups in total. The van der Waals surface area contributed by atoms with E-state index < -0.39 is 0 Å². The Hall–Kier alpha value is -1.40. The monoisotopic (exact) mass is 819 g/mol. The normalized spacial score (nSPS) is 12.0. The van der Waals surface area contributed by atoms with Crippen LogP contribution in [0.25, 0.3) is 39.9 Å². The molecule has 0 unspecified atom stereocenters. The van der Waals surface area contributed by atoms with E-state index in [1.165, 1.54) is 220 Å². The van der Waals surface area contributed by atoms with Gasteiger partial charge in [0.25, 0.3) is 0 Å². The molecule has 0 radical (unpaired) electrons. The van der Waals surface area contributed by atoms with Gasteiger partial charge in [-0.3, -0.25) is 0 Å². The van der Waals surface area contributed by atoms with Gasteiger partial charge in [0, 0.05) is 35.8 Å². The van der Waals surface area contributed by atoms with Crippen molar-refractivity contribution in [2.45, 2.75) is 221 Å². The summed E-state index contributed by atoms with van der Waals surface area (Å²) in [5.41, 5.74) is 6.18. The molecule has 5 aromatic heterocycles. The fourth-order valence-electron chi connectivity index (χ4n) is 8.66. The Morgan fingerprint density at radius 3 is 1.07 bits per heavy atom. The standard InChI is InChI=1S/C50H77NS4/c1-6-9-12-15-18-20-22-24-26-29-32-41-35-39(4)52-47(41)45-37-43-49(54-45)50-44(51(43)34-31-28-17-14-11-8-3)38-46(55-50)48-42(36-40(5)53-48)33-30-27-25-23-21-19-16-13-10-7-2/h35-38H,6-34H2,1-5H3. The Morgan fingerprint density at radius 1 is 0.382 bits per heavy atom. The molecule has 5 rings (SSSR count). The molecule has 0 amide bonds. The fraction of sp³-hybridized carbons (Fsp3) is 0.680. The third-order valence-electron chi connectivity index (χ3n) is 11.9. The van der Waals surface area contributed by atoms with Crippen LogP contribution in [0.2, 0.25) is 0 Å². The number of nitrogens with zero attached hydrogens (tertiary/aromatic N) is 1. The van der Waals surface area contributed by atoms with Gasteiger partial charge in [-0.05, 0) is 81.3 Å². The lowest BCUT2D eigenvalue weighted by atomic mass is 10.0. The van der Waals surface area contributed by atoms with Gasteiger partial charge in [0.1, 0.15) is 0 Å². The molecule has 0 spiro atoms. The largest absolute Gasteiger partial charge is 0.339 e. The number of aromatic nitrogens is 1. The molecule has 5 heterocycles. The first-order valence-electron chi connectivity index (χ1n) is 23.3. The van der Waals surface area contributed by atoms with E-state index >= 15 is 0 Å². The van der Waals surface area contributed by atoms with Crippen molar-refractivity contribution in [3.05, 3.63) is 45.1 Å². The molecule has 0 aliphatic heterocycles. The van der Waals surface area contributed by atoms with Crippen molar-refractivity contribution in [3.8, 4) is 19.5 Å². The number of fused-ring (bicyclic) bond motifs is 3. The average molecular weight is 820 g/mol. The van der Waals surface area contributed by atoms with E-state index in [2.05, 4.69) is 86.1 Å². The molecule has 0 atom stereocenters. The summed E-state index contributed by atoms with van der Waals surface area (Å²) >= 11 is 8.25. The minimum Gasteiger partial charge on any atom is -0.339 e. The number of unbranched alkanes of at least 4 members (excludes halogenated alkanes) is 23. The average Bonchev–Trinajstić information content (AvgIpc) is 4.00. The third kappa shape index (κ3) is 13.9. The van der Waals surface area contributed by atoms with Gasteiger partial charge in [0.05, 0.1) is 20.4 Å². The SMILES string of the molecule is CCCCCCCCCCCCc1cc(C)sc1-c1cc2c(s1)c1sc(-c3sc(C)cc3CCCCCCCCCCCC)cc1n2CCCCCCCC. The summed E-state index contributed by atoms with van der Waals surface area (Å²) in [5.74, 6) is 0. The van der Waals surface area contributed by atoms with Crippen LogP contribution in [-0.2, 0) is 19.4 Å². The Kier molecular flexibility index (Phi) is 20.5. The van der Waals surface area contributed by atoms with Gasteiger partial charge in [-0.1, -0.05) is 168 Å². The maximum absolute atomic E-state index is 2.73. The summed E-state index contributed by atoms with van der Waals surface area (Å²) in [7, 11) is 0. The molecular weight excluding hydrogens is 743 g/mol. The first kappa shape index (κ1) is 44.7. The van der Waals surface area contributed by atoms with E-state index in [4.69, 9.17) is 0 Å². The molecule has 0 saturated heterocycles. The maximum atomic E-state index is 2.73. The molecule has 5 heteroatoms. The smallest absolute Gasteiger partial charge is 0.0708 e. The maximum Gasteiger partial charge on any atom is 0.0708 e. The fourth-order valence-corrected chi connectivity index (χ4v) is 13.5. The van der Waals surface area contributed by atoms with E-state index in [9.17, 15) is 0 Å². The van der Waals surface area contributed by atoms with E-state index in [-0.39, 0.29) is 0 Å². The van der Waals surface area contributed by atoms with Crippen LogP contribution in [0, 0.1) is 13.8 Å². The lowest BCUT2D eigenvalue weighted by molar-refractivity contribution is 0.556.